The van der Waals surface area contributed by atoms with Crippen LogP contribution >= 0.6 is 11.6 Å². The van der Waals surface area contributed by atoms with Gasteiger partial charge < -0.3 is 16.2 Å². The fraction of sp³-hybridized carbons (Fsp3) is 0.286. The van der Waals surface area contributed by atoms with E-state index in [2.05, 4.69) is 16.9 Å². The second kappa shape index (κ2) is 8.98. The lowest BCUT2D eigenvalue weighted by atomic mass is 10.4. The number of hydrogen-bond donors (Lipinski definition) is 2. The number of anilines is 2. The standard InChI is InChI=1S/C9H14N2O.C5H5ClN2/c1-2-3-6-12-9-7-8(10)4-5-11-9;6-5-3-4(7)1-2-8-5/h4-5,7H,2-3,6H2,1H3,(H2,10,11);1-3H,(H2,7,8). The Morgan fingerprint density at radius 2 is 1.75 bits per heavy atom. The molecule has 0 aliphatic heterocycles. The first-order valence-electron chi connectivity index (χ1n) is 6.33. The Balaban J connectivity index is 0.000000217. The van der Waals surface area contributed by atoms with Crippen molar-refractivity contribution in [3.63, 3.8) is 0 Å². The summed E-state index contributed by atoms with van der Waals surface area (Å²) >= 11 is 5.45. The Kier molecular flexibility index (Phi) is 7.21. The molecule has 0 bridgehead atoms. The number of unbranched alkanes of at least 4 members (excludes halogenated alkanes) is 1. The van der Waals surface area contributed by atoms with Crippen molar-refractivity contribution in [2.24, 2.45) is 0 Å². The van der Waals surface area contributed by atoms with Crippen LogP contribution in [0.5, 0.6) is 5.88 Å². The number of rotatable bonds is 4. The summed E-state index contributed by atoms with van der Waals surface area (Å²) in [5.74, 6) is 0.614. The lowest BCUT2D eigenvalue weighted by molar-refractivity contribution is 0.298. The van der Waals surface area contributed by atoms with E-state index in [0.29, 0.717) is 29.0 Å². The van der Waals surface area contributed by atoms with Gasteiger partial charge in [-0.3, -0.25) is 0 Å². The molecule has 0 unspecified atom stereocenters. The van der Waals surface area contributed by atoms with Gasteiger partial charge in [-0.05, 0) is 24.6 Å². The summed E-state index contributed by atoms with van der Waals surface area (Å²) in [5, 5.41) is 0.435. The van der Waals surface area contributed by atoms with E-state index >= 15 is 0 Å². The Labute approximate surface area is 123 Å². The van der Waals surface area contributed by atoms with Crippen LogP contribution in [0, 0.1) is 0 Å². The zero-order valence-corrected chi connectivity index (χ0v) is 12.2. The van der Waals surface area contributed by atoms with Gasteiger partial charge in [-0.2, -0.15) is 0 Å². The predicted octanol–water partition coefficient (Wildman–Crippen LogP) is 3.16. The minimum absolute atomic E-state index is 0.435. The largest absolute Gasteiger partial charge is 0.478 e. The molecule has 0 saturated heterocycles. The summed E-state index contributed by atoms with van der Waals surface area (Å²) in [5.41, 5.74) is 12.2. The third kappa shape index (κ3) is 6.80. The number of nitrogen functional groups attached to an aromatic ring is 2. The van der Waals surface area contributed by atoms with Crippen molar-refractivity contribution in [1.29, 1.82) is 0 Å². The molecule has 2 aromatic heterocycles. The molecule has 108 valence electrons. The zero-order valence-electron chi connectivity index (χ0n) is 11.4. The van der Waals surface area contributed by atoms with Crippen molar-refractivity contribution in [3.05, 3.63) is 41.8 Å². The fourth-order valence-electron chi connectivity index (χ4n) is 1.24. The average Bonchev–Trinajstić information content (AvgIpc) is 2.39. The molecular formula is C14H19ClN4O. The predicted molar refractivity (Wildman–Crippen MR) is 82.7 cm³/mol. The highest BCUT2D eigenvalue weighted by Crippen LogP contribution is 2.10. The Hall–Kier alpha value is -2.01. The number of pyridine rings is 2. The molecule has 2 heterocycles. The van der Waals surface area contributed by atoms with E-state index in [0.717, 1.165) is 12.8 Å². The summed E-state index contributed by atoms with van der Waals surface area (Å²) in [6.45, 7) is 2.84. The van der Waals surface area contributed by atoms with Gasteiger partial charge in [-0.25, -0.2) is 9.97 Å². The van der Waals surface area contributed by atoms with Crippen LogP contribution in [0.1, 0.15) is 19.8 Å². The van der Waals surface area contributed by atoms with Crippen LogP contribution in [0.4, 0.5) is 11.4 Å². The Bertz CT molecular complexity index is 505. The average molecular weight is 295 g/mol. The number of hydrogen-bond acceptors (Lipinski definition) is 5. The molecule has 5 nitrogen and oxygen atoms in total. The SMILES string of the molecule is CCCCOc1cc(N)ccn1.Nc1ccnc(Cl)c1. The van der Waals surface area contributed by atoms with E-state index in [1.807, 2.05) is 0 Å². The van der Waals surface area contributed by atoms with Crippen LogP contribution in [0.2, 0.25) is 5.15 Å². The van der Waals surface area contributed by atoms with Crippen molar-refractivity contribution >= 4 is 23.0 Å². The molecule has 0 saturated carbocycles. The number of nitrogens with zero attached hydrogens (tertiary/aromatic N) is 2. The fourth-order valence-corrected chi connectivity index (χ4v) is 1.42. The van der Waals surface area contributed by atoms with Gasteiger partial charge in [0.05, 0.1) is 6.61 Å². The van der Waals surface area contributed by atoms with Gasteiger partial charge in [0.1, 0.15) is 5.15 Å². The van der Waals surface area contributed by atoms with Gasteiger partial charge in [0.2, 0.25) is 5.88 Å². The van der Waals surface area contributed by atoms with Crippen LogP contribution in [0.15, 0.2) is 36.7 Å². The van der Waals surface area contributed by atoms with Gasteiger partial charge in [-0.1, -0.05) is 24.9 Å². The van der Waals surface area contributed by atoms with E-state index in [9.17, 15) is 0 Å². The van der Waals surface area contributed by atoms with Gasteiger partial charge >= 0.3 is 0 Å². The van der Waals surface area contributed by atoms with E-state index in [1.54, 1.807) is 36.7 Å². The molecule has 0 atom stereocenters. The van der Waals surface area contributed by atoms with E-state index in [4.69, 9.17) is 27.8 Å². The molecule has 6 heteroatoms. The van der Waals surface area contributed by atoms with Crippen molar-refractivity contribution in [1.82, 2.24) is 9.97 Å². The molecular weight excluding hydrogens is 276 g/mol. The molecule has 0 aliphatic rings. The summed E-state index contributed by atoms with van der Waals surface area (Å²) < 4.78 is 5.34. The first-order valence-corrected chi connectivity index (χ1v) is 6.71. The summed E-state index contributed by atoms with van der Waals surface area (Å²) in [7, 11) is 0. The van der Waals surface area contributed by atoms with Gasteiger partial charge in [-0.15, -0.1) is 0 Å². The monoisotopic (exact) mass is 294 g/mol. The Morgan fingerprint density at radius 3 is 2.25 bits per heavy atom. The summed E-state index contributed by atoms with van der Waals surface area (Å²) in [6, 6.07) is 6.76. The smallest absolute Gasteiger partial charge is 0.215 e. The number of halogens is 1. The van der Waals surface area contributed by atoms with Crippen LogP contribution in [0.25, 0.3) is 0 Å². The molecule has 20 heavy (non-hydrogen) atoms. The highest BCUT2D eigenvalue weighted by molar-refractivity contribution is 6.29. The third-order valence-corrected chi connectivity index (χ3v) is 2.46. The maximum Gasteiger partial charge on any atom is 0.215 e. The van der Waals surface area contributed by atoms with Crippen LogP contribution in [-0.4, -0.2) is 16.6 Å². The van der Waals surface area contributed by atoms with Crippen molar-refractivity contribution in [2.75, 3.05) is 18.1 Å². The van der Waals surface area contributed by atoms with Gasteiger partial charge in [0, 0.05) is 29.8 Å². The molecule has 0 fully saturated rings. The van der Waals surface area contributed by atoms with Crippen molar-refractivity contribution < 1.29 is 4.74 Å². The van der Waals surface area contributed by atoms with Crippen molar-refractivity contribution in [3.8, 4) is 5.88 Å². The zero-order chi connectivity index (χ0) is 14.8. The number of aromatic nitrogens is 2. The molecule has 0 amide bonds. The molecule has 0 spiro atoms. The second-order valence-electron chi connectivity index (χ2n) is 4.04. The van der Waals surface area contributed by atoms with E-state index in [1.165, 1.54) is 0 Å². The van der Waals surface area contributed by atoms with Gasteiger partial charge in [0.15, 0.2) is 0 Å². The van der Waals surface area contributed by atoms with E-state index in [-0.39, 0.29) is 0 Å². The maximum absolute atomic E-state index is 5.54. The number of ether oxygens (including phenoxy) is 1. The van der Waals surface area contributed by atoms with Crippen LogP contribution < -0.4 is 16.2 Å². The van der Waals surface area contributed by atoms with Crippen LogP contribution in [0.3, 0.4) is 0 Å². The topological polar surface area (TPSA) is 87.0 Å². The first-order chi connectivity index (χ1) is 9.61. The maximum atomic E-state index is 5.54. The minimum Gasteiger partial charge on any atom is -0.478 e. The summed E-state index contributed by atoms with van der Waals surface area (Å²) in [6.07, 6.45) is 5.40. The lowest BCUT2D eigenvalue weighted by Gasteiger charge is -2.03. The highest BCUT2D eigenvalue weighted by Gasteiger charge is 1.93. The minimum atomic E-state index is 0.435. The molecule has 0 aliphatic carbocycles. The normalized spacial score (nSPS) is 9.50. The molecule has 2 aromatic rings. The van der Waals surface area contributed by atoms with E-state index < -0.39 is 0 Å². The molecule has 0 radical (unpaired) electrons. The van der Waals surface area contributed by atoms with Crippen LogP contribution in [-0.2, 0) is 0 Å². The van der Waals surface area contributed by atoms with Crippen molar-refractivity contribution in [2.45, 2.75) is 19.8 Å². The lowest BCUT2D eigenvalue weighted by Crippen LogP contribution is -1.98. The first kappa shape index (κ1) is 16.0. The highest BCUT2D eigenvalue weighted by atomic mass is 35.5. The Morgan fingerprint density at radius 1 is 1.10 bits per heavy atom. The second-order valence-corrected chi connectivity index (χ2v) is 4.43. The van der Waals surface area contributed by atoms with Gasteiger partial charge in [0.25, 0.3) is 0 Å². The molecule has 4 N–H and O–H groups in total. The quantitative estimate of drug-likeness (QED) is 0.668. The summed E-state index contributed by atoms with van der Waals surface area (Å²) in [4.78, 5) is 7.73. The third-order valence-electron chi connectivity index (χ3n) is 2.26. The molecule has 0 aromatic carbocycles. The number of nitrogens with two attached hydrogens (primary N) is 2. The molecule has 2 rings (SSSR count).